The summed E-state index contributed by atoms with van der Waals surface area (Å²) < 4.78 is 0. The lowest BCUT2D eigenvalue weighted by atomic mass is 9.74. The van der Waals surface area contributed by atoms with E-state index in [-0.39, 0.29) is 5.41 Å². The van der Waals surface area contributed by atoms with Crippen molar-refractivity contribution >= 4 is 34.1 Å². The predicted octanol–water partition coefficient (Wildman–Crippen LogP) is 9.02. The molecule has 3 aromatic carbocycles. The van der Waals surface area contributed by atoms with E-state index in [1.165, 1.54) is 48.6 Å². The van der Waals surface area contributed by atoms with Crippen LogP contribution in [0.4, 0.5) is 5.69 Å². The van der Waals surface area contributed by atoms with Gasteiger partial charge in [0.1, 0.15) is 0 Å². The third kappa shape index (κ3) is 4.67. The number of rotatable bonds is 3. The fraction of sp³-hybridized carbons (Fsp3) is 0.312. The molecule has 0 aliphatic heterocycles. The van der Waals surface area contributed by atoms with Gasteiger partial charge < -0.3 is 0 Å². The van der Waals surface area contributed by atoms with Crippen molar-refractivity contribution in [1.82, 2.24) is 4.98 Å². The summed E-state index contributed by atoms with van der Waals surface area (Å²) in [7, 11) is 0. The molecule has 35 heavy (non-hydrogen) atoms. The first-order valence-electron chi connectivity index (χ1n) is 12.5. The van der Waals surface area contributed by atoms with Crippen molar-refractivity contribution in [3.63, 3.8) is 0 Å². The maximum atomic E-state index is 5.36. The van der Waals surface area contributed by atoms with Crippen LogP contribution in [0.3, 0.4) is 0 Å². The summed E-state index contributed by atoms with van der Waals surface area (Å²) in [4.78, 5) is 13.2. The molecule has 0 radical (unpaired) electrons. The first-order valence-corrected chi connectivity index (χ1v) is 13.3. The van der Waals surface area contributed by atoms with E-state index < -0.39 is 0 Å². The van der Waals surface area contributed by atoms with Crippen LogP contribution in [-0.4, -0.2) is 10.7 Å². The molecular formula is C32H34N2S. The van der Waals surface area contributed by atoms with Crippen molar-refractivity contribution in [2.75, 3.05) is 0 Å². The summed E-state index contributed by atoms with van der Waals surface area (Å²) in [6.45, 7) is 15.4. The molecule has 1 aliphatic carbocycles. The highest BCUT2D eigenvalue weighted by molar-refractivity contribution is 7.99. The van der Waals surface area contributed by atoms with Crippen molar-refractivity contribution in [3.05, 3.63) is 93.7 Å². The average molecular weight is 479 g/mol. The van der Waals surface area contributed by atoms with Crippen LogP contribution in [0.2, 0.25) is 0 Å². The normalized spacial score (nSPS) is 16.0. The van der Waals surface area contributed by atoms with E-state index in [2.05, 4.69) is 103 Å². The molecule has 1 aliphatic rings. The van der Waals surface area contributed by atoms with Gasteiger partial charge in [0.05, 0.1) is 22.6 Å². The zero-order chi connectivity index (χ0) is 24.9. The largest absolute Gasteiger partial charge is 0.250 e. The SMILES string of the molecule is Cc1cc(C)cc(Sc2cccc3cc4c(nc23)C(=Nc2c(C)cc(C)cc2C)C(C)(C)CC4)c1. The van der Waals surface area contributed by atoms with Crippen LogP contribution in [0.1, 0.15) is 59.3 Å². The summed E-state index contributed by atoms with van der Waals surface area (Å²) in [5.74, 6) is 0. The Hall–Kier alpha value is -2.91. The van der Waals surface area contributed by atoms with E-state index in [1.54, 1.807) is 11.8 Å². The number of hydrogen-bond donors (Lipinski definition) is 0. The van der Waals surface area contributed by atoms with Crippen LogP contribution in [-0.2, 0) is 6.42 Å². The van der Waals surface area contributed by atoms with Crippen LogP contribution < -0.4 is 0 Å². The Morgan fingerprint density at radius 3 is 2.17 bits per heavy atom. The Labute approximate surface area is 213 Å². The number of nitrogens with zero attached hydrogens (tertiary/aromatic N) is 2. The van der Waals surface area contributed by atoms with E-state index in [0.29, 0.717) is 0 Å². The van der Waals surface area contributed by atoms with Gasteiger partial charge in [-0.15, -0.1) is 0 Å². The maximum absolute atomic E-state index is 5.36. The molecule has 1 heterocycles. The van der Waals surface area contributed by atoms with Gasteiger partial charge in [-0.05, 0) is 99.5 Å². The van der Waals surface area contributed by atoms with Gasteiger partial charge in [-0.2, -0.15) is 0 Å². The van der Waals surface area contributed by atoms with Gasteiger partial charge in [0.2, 0.25) is 0 Å². The second kappa shape index (κ2) is 8.95. The zero-order valence-corrected chi connectivity index (χ0v) is 22.7. The summed E-state index contributed by atoms with van der Waals surface area (Å²) in [5, 5.41) is 1.21. The van der Waals surface area contributed by atoms with Gasteiger partial charge >= 0.3 is 0 Å². The molecule has 0 N–H and O–H groups in total. The zero-order valence-electron chi connectivity index (χ0n) is 21.9. The molecule has 2 nitrogen and oxygen atoms in total. The molecule has 1 aromatic heterocycles. The lowest BCUT2D eigenvalue weighted by Crippen LogP contribution is -2.32. The first-order chi connectivity index (χ1) is 16.6. The molecule has 0 atom stereocenters. The average Bonchev–Trinajstić information content (AvgIpc) is 2.76. The van der Waals surface area contributed by atoms with E-state index in [1.807, 2.05) is 0 Å². The number of para-hydroxylation sites is 1. The minimum absolute atomic E-state index is 0.0345. The summed E-state index contributed by atoms with van der Waals surface area (Å²) in [6.07, 6.45) is 2.11. The molecule has 0 bridgehead atoms. The Bertz CT molecular complexity index is 1450. The summed E-state index contributed by atoms with van der Waals surface area (Å²) >= 11 is 1.81. The third-order valence-corrected chi connectivity index (χ3v) is 8.08. The molecule has 0 saturated heterocycles. The molecule has 5 rings (SSSR count). The second-order valence-corrected chi connectivity index (χ2v) is 12.0. The lowest BCUT2D eigenvalue weighted by Gasteiger charge is -2.33. The minimum Gasteiger partial charge on any atom is -0.250 e. The van der Waals surface area contributed by atoms with Crippen molar-refractivity contribution < 1.29 is 0 Å². The van der Waals surface area contributed by atoms with Crippen molar-refractivity contribution in [1.29, 1.82) is 0 Å². The third-order valence-electron chi connectivity index (χ3n) is 7.05. The molecule has 0 spiro atoms. The van der Waals surface area contributed by atoms with Crippen molar-refractivity contribution in [2.24, 2.45) is 10.4 Å². The fourth-order valence-corrected chi connectivity index (χ4v) is 6.51. The van der Waals surface area contributed by atoms with E-state index in [4.69, 9.17) is 9.98 Å². The van der Waals surface area contributed by atoms with Crippen LogP contribution >= 0.6 is 11.8 Å². The highest BCUT2D eigenvalue weighted by Crippen LogP contribution is 2.40. The quantitative estimate of drug-likeness (QED) is 0.293. The van der Waals surface area contributed by atoms with Gasteiger partial charge in [0.25, 0.3) is 0 Å². The van der Waals surface area contributed by atoms with E-state index in [0.717, 1.165) is 35.5 Å². The molecule has 3 heteroatoms. The monoisotopic (exact) mass is 478 g/mol. The van der Waals surface area contributed by atoms with E-state index >= 15 is 0 Å². The van der Waals surface area contributed by atoms with Crippen molar-refractivity contribution in [3.8, 4) is 0 Å². The number of fused-ring (bicyclic) bond motifs is 2. The Kier molecular flexibility index (Phi) is 6.09. The molecule has 0 unspecified atom stereocenters. The second-order valence-electron chi connectivity index (χ2n) is 10.8. The summed E-state index contributed by atoms with van der Waals surface area (Å²) in [5.41, 5.74) is 11.9. The van der Waals surface area contributed by atoms with Crippen LogP contribution in [0.15, 0.2) is 69.4 Å². The summed E-state index contributed by atoms with van der Waals surface area (Å²) in [6, 6.07) is 20.1. The van der Waals surface area contributed by atoms with Gasteiger partial charge in [-0.1, -0.05) is 61.5 Å². The smallest absolute Gasteiger partial charge is 0.0890 e. The minimum atomic E-state index is -0.0345. The Morgan fingerprint density at radius 2 is 1.49 bits per heavy atom. The fourth-order valence-electron chi connectivity index (χ4n) is 5.36. The number of benzene rings is 3. The van der Waals surface area contributed by atoms with Gasteiger partial charge in [-0.25, -0.2) is 4.98 Å². The van der Waals surface area contributed by atoms with E-state index in [9.17, 15) is 0 Å². The van der Waals surface area contributed by atoms with Gasteiger partial charge in [-0.3, -0.25) is 4.99 Å². The number of aryl methyl sites for hydroxylation is 6. The van der Waals surface area contributed by atoms with Crippen molar-refractivity contribution in [2.45, 2.75) is 71.1 Å². The maximum Gasteiger partial charge on any atom is 0.0890 e. The van der Waals surface area contributed by atoms with Crippen LogP contribution in [0, 0.1) is 40.0 Å². The Morgan fingerprint density at radius 1 is 0.829 bits per heavy atom. The lowest BCUT2D eigenvalue weighted by molar-refractivity contribution is 0.463. The van der Waals surface area contributed by atoms with Gasteiger partial charge in [0, 0.05) is 20.6 Å². The number of pyridine rings is 1. The molecule has 0 amide bonds. The molecule has 4 aromatic rings. The van der Waals surface area contributed by atoms with Gasteiger partial charge in [0.15, 0.2) is 0 Å². The first kappa shape index (κ1) is 23.8. The molecule has 178 valence electrons. The van der Waals surface area contributed by atoms with Crippen LogP contribution in [0.5, 0.6) is 0 Å². The Balaban J connectivity index is 1.69. The standard InChI is InChI=1S/C32H34N2S/c1-19-13-20(2)17-26(16-19)35-27-10-8-9-24-18-25-11-12-32(6,7)31(30(25)33-29(24)27)34-28-22(4)14-21(3)15-23(28)5/h8-10,13-18H,11-12H2,1-7H3. The molecule has 0 fully saturated rings. The highest BCUT2D eigenvalue weighted by atomic mass is 32.2. The number of hydrogen-bond acceptors (Lipinski definition) is 3. The highest BCUT2D eigenvalue weighted by Gasteiger charge is 2.34. The number of aliphatic imine (C=N–C) groups is 1. The number of aromatic nitrogens is 1. The van der Waals surface area contributed by atoms with Crippen LogP contribution in [0.25, 0.3) is 10.9 Å². The molecule has 0 saturated carbocycles. The predicted molar refractivity (Wildman–Crippen MR) is 151 cm³/mol. The molecular weight excluding hydrogens is 444 g/mol. The topological polar surface area (TPSA) is 25.2 Å².